The van der Waals surface area contributed by atoms with Gasteiger partial charge in [-0.1, -0.05) is 34.5 Å². The number of carbonyl (C=O) groups excluding carboxylic acids is 1. The van der Waals surface area contributed by atoms with Crippen LogP contribution in [0.2, 0.25) is 9.49 Å². The van der Waals surface area contributed by atoms with E-state index < -0.39 is 25.2 Å². The number of likely N-dealkylation sites (N-methyl/N-ethyl adjacent to an activating group) is 1. The molecule has 4 nitrogen and oxygen atoms in total. The Balaban J connectivity index is 2.46. The summed E-state index contributed by atoms with van der Waals surface area (Å²) in [5.74, 6) is -0.824. The third-order valence-corrected chi connectivity index (χ3v) is 3.34. The minimum Gasteiger partial charge on any atom is -0.460 e. The lowest BCUT2D eigenvalue weighted by Crippen LogP contribution is -2.38. The van der Waals surface area contributed by atoms with Crippen LogP contribution in [0.15, 0.2) is 0 Å². The van der Waals surface area contributed by atoms with E-state index in [1.54, 1.807) is 0 Å². The molecule has 0 unspecified atom stereocenters. The molecular weight excluding hydrogens is 316 g/mol. The van der Waals surface area contributed by atoms with Crippen molar-refractivity contribution in [2.24, 2.45) is 0 Å². The molecule has 1 aromatic rings. The van der Waals surface area contributed by atoms with E-state index in [9.17, 15) is 18.0 Å². The molecule has 1 rings (SSSR count). The molecule has 0 aliphatic rings. The van der Waals surface area contributed by atoms with Crippen LogP contribution in [0.4, 0.5) is 13.2 Å². The molecule has 0 spiro atoms. The molecule has 1 heterocycles. The van der Waals surface area contributed by atoms with Gasteiger partial charge in [0, 0.05) is 7.05 Å². The number of aromatic nitrogens is 1. The van der Waals surface area contributed by atoms with Crippen molar-refractivity contribution >= 4 is 40.4 Å². The fourth-order valence-electron chi connectivity index (χ4n) is 0.918. The quantitative estimate of drug-likeness (QED) is 0.856. The van der Waals surface area contributed by atoms with Crippen molar-refractivity contribution in [2.45, 2.75) is 6.18 Å². The summed E-state index contributed by atoms with van der Waals surface area (Å²) in [6.07, 6.45) is -4.45. The summed E-state index contributed by atoms with van der Waals surface area (Å²) < 4.78 is 41.1. The van der Waals surface area contributed by atoms with Gasteiger partial charge < -0.3 is 9.64 Å². The Kier molecular flexibility index (Phi) is 5.06. The Bertz CT molecular complexity index is 419. The monoisotopic (exact) mass is 322 g/mol. The predicted octanol–water partition coefficient (Wildman–Crippen LogP) is 2.85. The van der Waals surface area contributed by atoms with Gasteiger partial charge in [-0.3, -0.25) is 4.79 Å². The first-order valence-electron chi connectivity index (χ1n) is 4.44. The van der Waals surface area contributed by atoms with Crippen LogP contribution in [-0.2, 0) is 4.79 Å². The summed E-state index contributed by atoms with van der Waals surface area (Å²) in [4.78, 5) is 15.5. The zero-order valence-electron chi connectivity index (χ0n) is 8.92. The van der Waals surface area contributed by atoms with Gasteiger partial charge in [0.1, 0.15) is 10.9 Å². The van der Waals surface area contributed by atoms with E-state index >= 15 is 0 Å². The molecule has 0 radical (unpaired) electrons. The van der Waals surface area contributed by atoms with E-state index in [0.29, 0.717) is 4.90 Å². The molecule has 1 amide bonds. The summed E-state index contributed by atoms with van der Waals surface area (Å²) in [5.41, 5.74) is 0. The first-order chi connectivity index (χ1) is 8.19. The molecule has 0 fully saturated rings. The van der Waals surface area contributed by atoms with Crippen molar-refractivity contribution in [1.29, 1.82) is 0 Å². The number of rotatable bonds is 4. The molecule has 0 saturated heterocycles. The van der Waals surface area contributed by atoms with Crippen LogP contribution in [0.25, 0.3) is 0 Å². The Hall–Kier alpha value is -0.730. The molecule has 0 bridgehead atoms. The van der Waals surface area contributed by atoms with E-state index in [4.69, 9.17) is 27.9 Å². The van der Waals surface area contributed by atoms with Crippen LogP contribution in [0.5, 0.6) is 5.19 Å². The highest BCUT2D eigenvalue weighted by molar-refractivity contribution is 7.18. The molecule has 18 heavy (non-hydrogen) atoms. The van der Waals surface area contributed by atoms with Crippen LogP contribution in [0, 0.1) is 0 Å². The third-order valence-electron chi connectivity index (χ3n) is 1.69. The van der Waals surface area contributed by atoms with Crippen LogP contribution >= 0.6 is 34.5 Å². The van der Waals surface area contributed by atoms with Gasteiger partial charge in [0.15, 0.2) is 11.8 Å². The maximum atomic E-state index is 12.0. The standard InChI is InChI=1S/C8H7Cl2F3N2O2S/c1-15(3-8(11,12)13)4(16)2-17-7-14-5(9)6(10)18-7/h2-3H2,1H3. The molecular formula is C8H7Cl2F3N2O2S. The van der Waals surface area contributed by atoms with E-state index in [2.05, 4.69) is 4.98 Å². The number of ether oxygens (including phenoxy) is 1. The normalized spacial score (nSPS) is 11.4. The number of thiazole rings is 1. The van der Waals surface area contributed by atoms with Crippen LogP contribution < -0.4 is 4.74 Å². The Morgan fingerprint density at radius 2 is 2.11 bits per heavy atom. The molecule has 102 valence electrons. The number of halogens is 5. The highest BCUT2D eigenvalue weighted by Gasteiger charge is 2.31. The summed E-state index contributed by atoms with van der Waals surface area (Å²) in [6, 6.07) is 0. The third kappa shape index (κ3) is 4.87. The fourth-order valence-corrected chi connectivity index (χ4v) is 1.94. The second-order valence-corrected chi connectivity index (χ2v) is 5.12. The second-order valence-electron chi connectivity index (χ2n) is 3.20. The smallest absolute Gasteiger partial charge is 0.406 e. The molecule has 0 aromatic carbocycles. The zero-order chi connectivity index (χ0) is 13.9. The molecule has 1 aromatic heterocycles. The Morgan fingerprint density at radius 1 is 1.50 bits per heavy atom. The molecule has 0 N–H and O–H groups in total. The van der Waals surface area contributed by atoms with Crippen molar-refractivity contribution < 1.29 is 22.7 Å². The van der Waals surface area contributed by atoms with Crippen LogP contribution in [0.1, 0.15) is 0 Å². The second kappa shape index (κ2) is 5.94. The van der Waals surface area contributed by atoms with Crippen LogP contribution in [0.3, 0.4) is 0 Å². The Morgan fingerprint density at radius 3 is 2.56 bits per heavy atom. The highest BCUT2D eigenvalue weighted by atomic mass is 35.5. The number of nitrogens with zero attached hydrogens (tertiary/aromatic N) is 2. The SMILES string of the molecule is CN(CC(F)(F)F)C(=O)COc1nc(Cl)c(Cl)s1. The lowest BCUT2D eigenvalue weighted by atomic mass is 10.5. The van der Waals surface area contributed by atoms with Gasteiger partial charge in [0.25, 0.3) is 11.1 Å². The number of hydrogen-bond acceptors (Lipinski definition) is 4. The van der Waals surface area contributed by atoms with Crippen molar-refractivity contribution in [2.75, 3.05) is 20.2 Å². The van der Waals surface area contributed by atoms with Crippen molar-refractivity contribution in [1.82, 2.24) is 9.88 Å². The van der Waals surface area contributed by atoms with E-state index in [1.165, 1.54) is 0 Å². The minimum atomic E-state index is -4.45. The van der Waals surface area contributed by atoms with Gasteiger partial charge in [0.05, 0.1) is 0 Å². The van der Waals surface area contributed by atoms with Gasteiger partial charge >= 0.3 is 6.18 Å². The van der Waals surface area contributed by atoms with E-state index in [-0.39, 0.29) is 14.7 Å². The Labute approximate surface area is 114 Å². The van der Waals surface area contributed by atoms with Crippen molar-refractivity contribution in [3.05, 3.63) is 9.49 Å². The van der Waals surface area contributed by atoms with Crippen LogP contribution in [-0.4, -0.2) is 42.2 Å². The first kappa shape index (κ1) is 15.3. The summed E-state index contributed by atoms with van der Waals surface area (Å²) in [6.45, 7) is -1.90. The fraction of sp³-hybridized carbons (Fsp3) is 0.500. The first-order valence-corrected chi connectivity index (χ1v) is 6.01. The average Bonchev–Trinajstić information content (AvgIpc) is 2.52. The van der Waals surface area contributed by atoms with Gasteiger partial charge in [-0.15, -0.1) is 0 Å². The number of hydrogen-bond donors (Lipinski definition) is 0. The molecule has 0 aliphatic heterocycles. The number of carbonyl (C=O) groups is 1. The molecule has 0 atom stereocenters. The zero-order valence-corrected chi connectivity index (χ0v) is 11.3. The van der Waals surface area contributed by atoms with Gasteiger partial charge in [-0.05, 0) is 0 Å². The summed E-state index contributed by atoms with van der Waals surface area (Å²) in [5, 5.41) is 0.0477. The lowest BCUT2D eigenvalue weighted by molar-refractivity contribution is -0.159. The molecule has 0 saturated carbocycles. The minimum absolute atomic E-state index is 0.0211. The largest absolute Gasteiger partial charge is 0.460 e. The number of alkyl halides is 3. The topological polar surface area (TPSA) is 42.4 Å². The predicted molar refractivity (Wildman–Crippen MR) is 61.3 cm³/mol. The maximum Gasteiger partial charge on any atom is 0.406 e. The summed E-state index contributed by atoms with van der Waals surface area (Å²) in [7, 11) is 1.03. The average molecular weight is 323 g/mol. The van der Waals surface area contributed by atoms with Gasteiger partial charge in [-0.2, -0.15) is 18.2 Å². The van der Waals surface area contributed by atoms with Gasteiger partial charge in [-0.25, -0.2) is 0 Å². The maximum absolute atomic E-state index is 12.0. The van der Waals surface area contributed by atoms with Gasteiger partial charge in [0.2, 0.25) is 0 Å². The summed E-state index contributed by atoms with van der Waals surface area (Å²) >= 11 is 12.0. The van der Waals surface area contributed by atoms with Crippen molar-refractivity contribution in [3.63, 3.8) is 0 Å². The number of amides is 1. The van der Waals surface area contributed by atoms with E-state index in [1.807, 2.05) is 0 Å². The highest BCUT2D eigenvalue weighted by Crippen LogP contribution is 2.32. The molecule has 10 heteroatoms. The molecule has 0 aliphatic carbocycles. The lowest BCUT2D eigenvalue weighted by Gasteiger charge is -2.18. The van der Waals surface area contributed by atoms with Crippen molar-refractivity contribution in [3.8, 4) is 5.19 Å². The van der Waals surface area contributed by atoms with E-state index in [0.717, 1.165) is 18.4 Å².